The van der Waals surface area contributed by atoms with Gasteiger partial charge in [0.2, 0.25) is 0 Å². The Morgan fingerprint density at radius 2 is 1.70 bits per heavy atom. The molecular formula is C19H24ClNO2. The smallest absolute Gasteiger partial charge is 0.195 e. The van der Waals surface area contributed by atoms with Crippen molar-refractivity contribution in [2.75, 3.05) is 13.2 Å². The normalized spacial score (nSPS) is 16.1. The van der Waals surface area contributed by atoms with Gasteiger partial charge in [-0.3, -0.25) is 0 Å². The lowest BCUT2D eigenvalue weighted by atomic mass is 10.0. The highest BCUT2D eigenvalue weighted by Crippen LogP contribution is 2.35. The van der Waals surface area contributed by atoms with Gasteiger partial charge < -0.3 is 21.9 Å². The van der Waals surface area contributed by atoms with Crippen molar-refractivity contribution in [3.8, 4) is 0 Å². The molecule has 23 heavy (non-hydrogen) atoms. The first kappa shape index (κ1) is 17.9. The van der Waals surface area contributed by atoms with E-state index in [9.17, 15) is 0 Å². The minimum atomic E-state index is -0.554. The highest BCUT2D eigenvalue weighted by atomic mass is 35.5. The Hall–Kier alpha value is -1.42. The first-order valence-corrected chi connectivity index (χ1v) is 7.99. The molecule has 1 aliphatic heterocycles. The zero-order valence-corrected chi connectivity index (χ0v) is 14.6. The molecule has 0 amide bonds. The van der Waals surface area contributed by atoms with Gasteiger partial charge in [-0.15, -0.1) is 0 Å². The molecule has 4 heteroatoms. The van der Waals surface area contributed by atoms with Gasteiger partial charge in [0.25, 0.3) is 0 Å². The first-order chi connectivity index (χ1) is 10.7. The number of halogens is 1. The van der Waals surface area contributed by atoms with E-state index in [1.165, 1.54) is 11.1 Å². The summed E-state index contributed by atoms with van der Waals surface area (Å²) in [7, 11) is 0. The topological polar surface area (TPSA) is 22.3 Å². The molecule has 1 fully saturated rings. The second-order valence-electron chi connectivity index (χ2n) is 5.97. The summed E-state index contributed by atoms with van der Waals surface area (Å²) in [4.78, 5) is 0. The monoisotopic (exact) mass is 333 g/mol. The van der Waals surface area contributed by atoms with E-state index >= 15 is 0 Å². The van der Waals surface area contributed by atoms with Gasteiger partial charge in [0.15, 0.2) is 18.2 Å². The van der Waals surface area contributed by atoms with Crippen LogP contribution in [0.5, 0.6) is 0 Å². The van der Waals surface area contributed by atoms with Crippen molar-refractivity contribution in [3.63, 3.8) is 0 Å². The van der Waals surface area contributed by atoms with Crippen LogP contribution >= 0.6 is 0 Å². The molecule has 0 atom stereocenters. The summed E-state index contributed by atoms with van der Waals surface area (Å²) in [5.74, 6) is -0.554. The predicted molar refractivity (Wildman–Crippen MR) is 85.4 cm³/mol. The summed E-state index contributed by atoms with van der Waals surface area (Å²) in [6, 6.07) is 12.5. The van der Waals surface area contributed by atoms with Crippen LogP contribution in [0.4, 0.5) is 0 Å². The molecular weight excluding hydrogens is 310 g/mol. The molecule has 3 rings (SSSR count). The molecule has 1 aromatic heterocycles. The molecule has 0 saturated carbocycles. The molecule has 0 radical (unpaired) electrons. The minimum absolute atomic E-state index is 0. The highest BCUT2D eigenvalue weighted by Gasteiger charge is 2.38. The fraction of sp³-hybridized carbons (Fsp3) is 0.421. The van der Waals surface area contributed by atoms with Crippen molar-refractivity contribution >= 4 is 0 Å². The minimum Gasteiger partial charge on any atom is -1.00 e. The Morgan fingerprint density at radius 3 is 2.35 bits per heavy atom. The number of ether oxygens (including phenoxy) is 2. The fourth-order valence-corrected chi connectivity index (χ4v) is 2.97. The van der Waals surface area contributed by atoms with Gasteiger partial charge in [-0.1, -0.05) is 30.3 Å². The Balaban J connectivity index is 0.00000192. The predicted octanol–water partition coefficient (Wildman–Crippen LogP) is 0.275. The van der Waals surface area contributed by atoms with E-state index in [1.54, 1.807) is 0 Å². The summed E-state index contributed by atoms with van der Waals surface area (Å²) in [5, 5.41) is 0. The molecule has 0 unspecified atom stereocenters. The maximum Gasteiger partial charge on any atom is 0.195 e. The van der Waals surface area contributed by atoms with Crippen molar-refractivity contribution in [2.45, 2.75) is 39.0 Å². The van der Waals surface area contributed by atoms with Gasteiger partial charge in [-0.05, 0) is 19.4 Å². The van der Waals surface area contributed by atoms with Gasteiger partial charge in [-0.2, -0.15) is 0 Å². The standard InChI is InChI=1S/C19H24NO2.ClH/c1-16-9-12-20(15-17(16)2)11-6-10-19(21-13-14-22-19)18-7-4-3-5-8-18;/h3-5,7-9,12,15H,6,10-11,13-14H2,1-2H3;1H/q+1;/p-1. The molecule has 1 aliphatic rings. The van der Waals surface area contributed by atoms with Crippen LogP contribution in [0.2, 0.25) is 0 Å². The molecule has 0 N–H and O–H groups in total. The third kappa shape index (κ3) is 4.11. The van der Waals surface area contributed by atoms with Gasteiger partial charge in [0, 0.05) is 30.0 Å². The molecule has 3 nitrogen and oxygen atoms in total. The maximum atomic E-state index is 5.98. The number of aromatic nitrogens is 1. The lowest BCUT2D eigenvalue weighted by molar-refractivity contribution is -0.698. The largest absolute Gasteiger partial charge is 1.00 e. The Labute approximate surface area is 144 Å². The maximum absolute atomic E-state index is 5.98. The zero-order valence-electron chi connectivity index (χ0n) is 13.8. The van der Waals surface area contributed by atoms with Crippen LogP contribution in [0.3, 0.4) is 0 Å². The van der Waals surface area contributed by atoms with Gasteiger partial charge in [0.1, 0.15) is 6.54 Å². The molecule has 2 heterocycles. The number of nitrogens with zero attached hydrogens (tertiary/aromatic N) is 1. The van der Waals surface area contributed by atoms with Crippen molar-refractivity contribution in [2.24, 2.45) is 0 Å². The fourth-order valence-electron chi connectivity index (χ4n) is 2.97. The van der Waals surface area contributed by atoms with Crippen LogP contribution < -0.4 is 17.0 Å². The number of pyridine rings is 1. The van der Waals surface area contributed by atoms with Crippen LogP contribution in [0.25, 0.3) is 0 Å². The number of hydrogen-bond donors (Lipinski definition) is 0. The quantitative estimate of drug-likeness (QED) is 0.733. The second kappa shape index (κ2) is 7.91. The second-order valence-corrected chi connectivity index (χ2v) is 5.97. The summed E-state index contributed by atoms with van der Waals surface area (Å²) in [6.45, 7) is 6.62. The number of hydrogen-bond acceptors (Lipinski definition) is 2. The average molecular weight is 334 g/mol. The Bertz CT molecular complexity index is 625. The van der Waals surface area contributed by atoms with Gasteiger partial charge >= 0.3 is 0 Å². The van der Waals surface area contributed by atoms with E-state index in [-0.39, 0.29) is 12.4 Å². The van der Waals surface area contributed by atoms with Crippen LogP contribution in [0.1, 0.15) is 29.5 Å². The van der Waals surface area contributed by atoms with Crippen LogP contribution in [0, 0.1) is 13.8 Å². The SMILES string of the molecule is Cc1cc[n+](CCCC2(c3ccccc3)OCCO2)cc1C.[Cl-]. The van der Waals surface area contributed by atoms with Crippen molar-refractivity contribution in [3.05, 3.63) is 65.5 Å². The number of benzene rings is 1. The molecule has 1 aromatic carbocycles. The van der Waals surface area contributed by atoms with Gasteiger partial charge in [-0.25, -0.2) is 4.57 Å². The zero-order chi connectivity index (χ0) is 15.4. The molecule has 1 saturated heterocycles. The molecule has 0 spiro atoms. The number of aryl methyl sites for hydroxylation is 3. The summed E-state index contributed by atoms with van der Waals surface area (Å²) >= 11 is 0. The van der Waals surface area contributed by atoms with Crippen LogP contribution in [-0.4, -0.2) is 13.2 Å². The summed E-state index contributed by atoms with van der Waals surface area (Å²) in [6.07, 6.45) is 6.24. The first-order valence-electron chi connectivity index (χ1n) is 7.99. The van der Waals surface area contributed by atoms with Crippen molar-refractivity contribution in [1.29, 1.82) is 0 Å². The Morgan fingerprint density at radius 1 is 1.00 bits per heavy atom. The third-order valence-corrected chi connectivity index (χ3v) is 4.39. The van der Waals surface area contributed by atoms with Crippen molar-refractivity contribution in [1.82, 2.24) is 0 Å². The summed E-state index contributed by atoms with van der Waals surface area (Å²) < 4.78 is 14.2. The van der Waals surface area contributed by atoms with Crippen molar-refractivity contribution < 1.29 is 26.4 Å². The van der Waals surface area contributed by atoms with E-state index < -0.39 is 5.79 Å². The lowest BCUT2D eigenvalue weighted by Crippen LogP contribution is -3.00. The summed E-state index contributed by atoms with van der Waals surface area (Å²) in [5.41, 5.74) is 3.78. The Kier molecular flexibility index (Phi) is 6.17. The van der Waals surface area contributed by atoms with E-state index in [4.69, 9.17) is 9.47 Å². The molecule has 124 valence electrons. The van der Waals surface area contributed by atoms with E-state index in [1.807, 2.05) is 18.2 Å². The molecule has 0 aliphatic carbocycles. The molecule has 2 aromatic rings. The molecule has 0 bridgehead atoms. The van der Waals surface area contributed by atoms with Gasteiger partial charge in [0.05, 0.1) is 13.2 Å². The third-order valence-electron chi connectivity index (χ3n) is 4.39. The van der Waals surface area contributed by atoms with Crippen LogP contribution in [-0.2, 0) is 21.8 Å². The van der Waals surface area contributed by atoms with E-state index in [0.717, 1.165) is 24.9 Å². The lowest BCUT2D eigenvalue weighted by Gasteiger charge is -2.27. The number of rotatable bonds is 5. The van der Waals surface area contributed by atoms with Crippen LogP contribution in [0.15, 0.2) is 48.8 Å². The van der Waals surface area contributed by atoms with E-state index in [0.29, 0.717) is 13.2 Å². The highest BCUT2D eigenvalue weighted by molar-refractivity contribution is 5.21. The van der Waals surface area contributed by atoms with E-state index in [2.05, 4.69) is 49.0 Å². The average Bonchev–Trinajstić information content (AvgIpc) is 3.02.